The number of anilines is 2. The van der Waals surface area contributed by atoms with Gasteiger partial charge in [0, 0.05) is 23.1 Å². The van der Waals surface area contributed by atoms with E-state index in [1.165, 1.54) is 47.0 Å². The maximum Gasteiger partial charge on any atom is 0.416 e. The van der Waals surface area contributed by atoms with Gasteiger partial charge in [0.1, 0.15) is 6.54 Å². The van der Waals surface area contributed by atoms with Crippen molar-refractivity contribution in [2.75, 3.05) is 10.6 Å². The van der Waals surface area contributed by atoms with Gasteiger partial charge in [0.15, 0.2) is 5.65 Å². The van der Waals surface area contributed by atoms with Crippen LogP contribution in [-0.2, 0) is 17.5 Å². The van der Waals surface area contributed by atoms with Crippen molar-refractivity contribution in [3.8, 4) is 0 Å². The Labute approximate surface area is 184 Å². The van der Waals surface area contributed by atoms with Gasteiger partial charge in [-0.15, -0.1) is 5.10 Å². The number of rotatable bonds is 5. The van der Waals surface area contributed by atoms with Crippen molar-refractivity contribution >= 4 is 28.8 Å². The Kier molecular flexibility index (Phi) is 5.69. The molecular weight excluding hydrogens is 439 g/mol. The molecule has 0 aliphatic carbocycles. The summed E-state index contributed by atoms with van der Waals surface area (Å²) in [6.07, 6.45) is -3.00. The molecule has 0 saturated carbocycles. The monoisotopic (exact) mass is 455 g/mol. The lowest BCUT2D eigenvalue weighted by molar-refractivity contribution is -0.137. The van der Waals surface area contributed by atoms with E-state index in [2.05, 4.69) is 15.7 Å². The molecule has 0 bridgehead atoms. The van der Waals surface area contributed by atoms with E-state index in [0.29, 0.717) is 5.65 Å². The SMILES string of the molecule is O=C(Cn1nc2ccccn2c1=O)Nc1cccc(C(=O)Nc2cccc(C(F)(F)F)c2)c1. The highest BCUT2D eigenvalue weighted by Crippen LogP contribution is 2.30. The Morgan fingerprint density at radius 2 is 1.64 bits per heavy atom. The molecule has 33 heavy (non-hydrogen) atoms. The van der Waals surface area contributed by atoms with Crippen LogP contribution in [0.25, 0.3) is 5.65 Å². The molecule has 0 radical (unpaired) electrons. The molecule has 0 aliphatic heterocycles. The fourth-order valence-corrected chi connectivity index (χ4v) is 3.12. The molecule has 2 heterocycles. The minimum atomic E-state index is -4.53. The number of benzene rings is 2. The van der Waals surface area contributed by atoms with Crippen LogP contribution in [0.1, 0.15) is 15.9 Å². The zero-order valence-corrected chi connectivity index (χ0v) is 16.8. The fourth-order valence-electron chi connectivity index (χ4n) is 3.12. The van der Waals surface area contributed by atoms with Gasteiger partial charge in [-0.25, -0.2) is 9.48 Å². The standard InChI is InChI=1S/C22H16F3N5O3/c23-22(24,25)15-6-4-8-17(12-15)27-20(32)14-5-3-7-16(11-14)26-19(31)13-30-21(33)29-10-2-1-9-18(29)28-30/h1-12H,13H2,(H,26,31)(H,27,32). The number of hydrogen-bond acceptors (Lipinski definition) is 4. The Bertz CT molecular complexity index is 1410. The van der Waals surface area contributed by atoms with Crippen LogP contribution >= 0.6 is 0 Å². The van der Waals surface area contributed by atoms with Crippen LogP contribution in [-0.4, -0.2) is 26.0 Å². The number of fused-ring (bicyclic) bond motifs is 1. The second-order valence-corrected chi connectivity index (χ2v) is 7.03. The Morgan fingerprint density at radius 3 is 2.36 bits per heavy atom. The number of aromatic nitrogens is 3. The Balaban J connectivity index is 1.45. The predicted octanol–water partition coefficient (Wildman–Crippen LogP) is 3.41. The number of pyridine rings is 1. The molecule has 0 saturated heterocycles. The van der Waals surface area contributed by atoms with Gasteiger partial charge < -0.3 is 10.6 Å². The van der Waals surface area contributed by atoms with Gasteiger partial charge in [0.2, 0.25) is 5.91 Å². The predicted molar refractivity (Wildman–Crippen MR) is 114 cm³/mol. The number of amides is 2. The number of hydrogen-bond donors (Lipinski definition) is 2. The van der Waals surface area contributed by atoms with E-state index < -0.39 is 29.2 Å². The number of nitrogens with one attached hydrogen (secondary N) is 2. The van der Waals surface area contributed by atoms with E-state index in [0.717, 1.165) is 16.8 Å². The number of nitrogens with zero attached hydrogens (tertiary/aromatic N) is 3. The van der Waals surface area contributed by atoms with Crippen molar-refractivity contribution in [2.24, 2.45) is 0 Å². The molecule has 168 valence electrons. The first-order valence-corrected chi connectivity index (χ1v) is 9.63. The Hall–Kier alpha value is -4.41. The van der Waals surface area contributed by atoms with Gasteiger partial charge in [0.05, 0.1) is 5.56 Å². The zero-order chi connectivity index (χ0) is 23.6. The highest BCUT2D eigenvalue weighted by atomic mass is 19.4. The summed E-state index contributed by atoms with van der Waals surface area (Å²) in [4.78, 5) is 37.2. The molecule has 2 aromatic heterocycles. The number of carbonyl (C=O) groups is 2. The highest BCUT2D eigenvalue weighted by molar-refractivity contribution is 6.05. The number of carbonyl (C=O) groups excluding carboxylic acids is 2. The summed E-state index contributed by atoms with van der Waals surface area (Å²) >= 11 is 0. The highest BCUT2D eigenvalue weighted by Gasteiger charge is 2.30. The largest absolute Gasteiger partial charge is 0.416 e. The summed E-state index contributed by atoms with van der Waals surface area (Å²) in [5.74, 6) is -1.20. The number of alkyl halides is 3. The molecule has 0 aliphatic rings. The molecule has 2 amide bonds. The minimum absolute atomic E-state index is 0.0181. The average molecular weight is 455 g/mol. The third kappa shape index (κ3) is 4.92. The van der Waals surface area contributed by atoms with E-state index in [1.54, 1.807) is 18.2 Å². The van der Waals surface area contributed by atoms with Crippen molar-refractivity contribution in [1.82, 2.24) is 14.2 Å². The first-order chi connectivity index (χ1) is 15.7. The van der Waals surface area contributed by atoms with Crippen molar-refractivity contribution in [1.29, 1.82) is 0 Å². The lowest BCUT2D eigenvalue weighted by Gasteiger charge is -2.11. The zero-order valence-electron chi connectivity index (χ0n) is 16.8. The van der Waals surface area contributed by atoms with Crippen LogP contribution < -0.4 is 16.3 Å². The lowest BCUT2D eigenvalue weighted by Crippen LogP contribution is -2.28. The third-order valence-corrected chi connectivity index (χ3v) is 4.64. The molecule has 0 fully saturated rings. The maximum atomic E-state index is 12.9. The van der Waals surface area contributed by atoms with Crippen LogP contribution in [0, 0.1) is 0 Å². The molecule has 8 nitrogen and oxygen atoms in total. The summed E-state index contributed by atoms with van der Waals surface area (Å²) in [5, 5.41) is 9.05. The van der Waals surface area contributed by atoms with Gasteiger partial charge in [0.25, 0.3) is 5.91 Å². The van der Waals surface area contributed by atoms with E-state index in [4.69, 9.17) is 0 Å². The quantitative estimate of drug-likeness (QED) is 0.482. The lowest BCUT2D eigenvalue weighted by atomic mass is 10.1. The normalized spacial score (nSPS) is 11.4. The smallest absolute Gasteiger partial charge is 0.324 e. The van der Waals surface area contributed by atoms with E-state index in [1.807, 2.05) is 0 Å². The molecule has 0 spiro atoms. The molecule has 0 unspecified atom stereocenters. The van der Waals surface area contributed by atoms with Crippen LogP contribution in [0.15, 0.2) is 77.7 Å². The molecular formula is C22H16F3N5O3. The minimum Gasteiger partial charge on any atom is -0.324 e. The topological polar surface area (TPSA) is 97.5 Å². The van der Waals surface area contributed by atoms with E-state index in [-0.39, 0.29) is 23.5 Å². The molecule has 0 atom stereocenters. The molecule has 11 heteroatoms. The van der Waals surface area contributed by atoms with Crippen molar-refractivity contribution in [3.63, 3.8) is 0 Å². The molecule has 2 N–H and O–H groups in total. The first-order valence-electron chi connectivity index (χ1n) is 9.63. The summed E-state index contributed by atoms with van der Waals surface area (Å²) in [7, 11) is 0. The summed E-state index contributed by atoms with van der Waals surface area (Å²) in [6, 6.07) is 15.1. The molecule has 4 aromatic rings. The third-order valence-electron chi connectivity index (χ3n) is 4.64. The van der Waals surface area contributed by atoms with Crippen LogP contribution in [0.3, 0.4) is 0 Å². The van der Waals surface area contributed by atoms with Crippen molar-refractivity contribution < 1.29 is 22.8 Å². The fraction of sp³-hybridized carbons (Fsp3) is 0.0909. The van der Waals surface area contributed by atoms with Gasteiger partial charge in [-0.2, -0.15) is 13.2 Å². The first kappa shape index (κ1) is 21.8. The van der Waals surface area contributed by atoms with Crippen molar-refractivity contribution in [3.05, 3.63) is 94.5 Å². The second-order valence-electron chi connectivity index (χ2n) is 7.03. The molecule has 4 rings (SSSR count). The van der Waals surface area contributed by atoms with Crippen LogP contribution in [0.5, 0.6) is 0 Å². The van der Waals surface area contributed by atoms with Gasteiger partial charge in [-0.05, 0) is 48.5 Å². The summed E-state index contributed by atoms with van der Waals surface area (Å²) in [6.45, 7) is -0.346. The maximum absolute atomic E-state index is 12.9. The van der Waals surface area contributed by atoms with Crippen molar-refractivity contribution in [2.45, 2.75) is 12.7 Å². The van der Waals surface area contributed by atoms with Gasteiger partial charge in [-0.3, -0.25) is 14.0 Å². The Morgan fingerprint density at radius 1 is 0.909 bits per heavy atom. The molecule has 2 aromatic carbocycles. The summed E-state index contributed by atoms with van der Waals surface area (Å²) < 4.78 is 40.9. The second kappa shape index (κ2) is 8.61. The number of halogens is 3. The van der Waals surface area contributed by atoms with Gasteiger partial charge >= 0.3 is 11.9 Å². The average Bonchev–Trinajstić information content (AvgIpc) is 3.09. The van der Waals surface area contributed by atoms with Crippen LogP contribution in [0.4, 0.5) is 24.5 Å². The van der Waals surface area contributed by atoms with E-state index in [9.17, 15) is 27.6 Å². The van der Waals surface area contributed by atoms with Crippen LogP contribution in [0.2, 0.25) is 0 Å². The summed E-state index contributed by atoms with van der Waals surface area (Å²) in [5.41, 5.74) is -0.596. The van der Waals surface area contributed by atoms with E-state index >= 15 is 0 Å². The van der Waals surface area contributed by atoms with Gasteiger partial charge in [-0.1, -0.05) is 18.2 Å².